The Hall–Kier alpha value is -2.08. The third-order valence-corrected chi connectivity index (χ3v) is 3.54. The molecule has 0 radical (unpaired) electrons. The summed E-state index contributed by atoms with van der Waals surface area (Å²) in [6.07, 6.45) is 1.38. The van der Waals surface area contributed by atoms with Crippen molar-refractivity contribution in [2.45, 2.75) is 13.0 Å². The number of methoxy groups -OCH3 is 1. The number of ether oxygens (including phenoxy) is 1. The molecule has 2 aromatic rings. The summed E-state index contributed by atoms with van der Waals surface area (Å²) in [5.41, 5.74) is 3.50. The van der Waals surface area contributed by atoms with Crippen LogP contribution in [0.2, 0.25) is 0 Å². The highest BCUT2D eigenvalue weighted by molar-refractivity contribution is 7.09. The van der Waals surface area contributed by atoms with Gasteiger partial charge in [-0.1, -0.05) is 0 Å². The lowest BCUT2D eigenvalue weighted by Gasteiger charge is -2.13. The summed E-state index contributed by atoms with van der Waals surface area (Å²) in [6.45, 7) is 2.08. The van der Waals surface area contributed by atoms with Gasteiger partial charge in [-0.2, -0.15) is 0 Å². The minimum absolute atomic E-state index is 0.201. The Morgan fingerprint density at radius 1 is 1.32 bits per heavy atom. The summed E-state index contributed by atoms with van der Waals surface area (Å²) in [5.74, 6) is 0. The predicted molar refractivity (Wildman–Crippen MR) is 76.6 cm³/mol. The monoisotopic (exact) mass is 277 g/mol. The average Bonchev–Trinajstić information content (AvgIpc) is 2.95. The van der Waals surface area contributed by atoms with Crippen molar-refractivity contribution in [2.75, 3.05) is 17.7 Å². The van der Waals surface area contributed by atoms with Crippen LogP contribution in [-0.2, 0) is 4.74 Å². The van der Waals surface area contributed by atoms with Crippen molar-refractivity contribution in [1.82, 2.24) is 4.98 Å². The molecule has 0 saturated heterocycles. The number of rotatable bonds is 4. The van der Waals surface area contributed by atoms with Gasteiger partial charge < -0.3 is 10.1 Å². The van der Waals surface area contributed by atoms with E-state index < -0.39 is 6.09 Å². The fourth-order valence-corrected chi connectivity index (χ4v) is 2.21. The van der Waals surface area contributed by atoms with E-state index in [0.717, 1.165) is 5.69 Å². The molecule has 2 rings (SSSR count). The van der Waals surface area contributed by atoms with E-state index in [4.69, 9.17) is 0 Å². The first-order valence-electron chi connectivity index (χ1n) is 5.79. The predicted octanol–water partition coefficient (Wildman–Crippen LogP) is 3.49. The van der Waals surface area contributed by atoms with Gasteiger partial charge in [0, 0.05) is 22.4 Å². The van der Waals surface area contributed by atoms with Gasteiger partial charge in [0.2, 0.25) is 0 Å². The number of amides is 1. The molecule has 0 spiro atoms. The van der Waals surface area contributed by atoms with E-state index in [2.05, 4.69) is 27.3 Å². The van der Waals surface area contributed by atoms with Crippen molar-refractivity contribution in [2.24, 2.45) is 0 Å². The molecule has 1 aromatic heterocycles. The van der Waals surface area contributed by atoms with Crippen LogP contribution < -0.4 is 10.6 Å². The van der Waals surface area contributed by atoms with Gasteiger partial charge in [-0.3, -0.25) is 10.3 Å². The number of nitrogens with one attached hydrogen (secondary N) is 2. The normalized spacial score (nSPS) is 11.7. The van der Waals surface area contributed by atoms with Crippen LogP contribution in [0.4, 0.5) is 16.2 Å². The second kappa shape index (κ2) is 6.19. The van der Waals surface area contributed by atoms with Crippen molar-refractivity contribution in [3.63, 3.8) is 0 Å². The Balaban J connectivity index is 1.97. The molecule has 100 valence electrons. The van der Waals surface area contributed by atoms with Crippen molar-refractivity contribution >= 4 is 28.8 Å². The first-order chi connectivity index (χ1) is 9.19. The van der Waals surface area contributed by atoms with E-state index in [1.54, 1.807) is 11.3 Å². The van der Waals surface area contributed by atoms with Crippen LogP contribution in [0.25, 0.3) is 0 Å². The van der Waals surface area contributed by atoms with E-state index in [1.165, 1.54) is 12.0 Å². The van der Waals surface area contributed by atoms with E-state index in [9.17, 15) is 4.79 Å². The number of nitrogens with zero attached hydrogens (tertiary/aromatic N) is 1. The number of benzene rings is 1. The Morgan fingerprint density at radius 2 is 2.00 bits per heavy atom. The summed E-state index contributed by atoms with van der Waals surface area (Å²) in [5, 5.41) is 5.97. The number of hydrogen-bond acceptors (Lipinski definition) is 5. The number of aromatic nitrogens is 1. The lowest BCUT2D eigenvalue weighted by molar-refractivity contribution is 0.187. The quantitative estimate of drug-likeness (QED) is 0.898. The third-order valence-electron chi connectivity index (χ3n) is 2.58. The highest BCUT2D eigenvalue weighted by Gasteiger charge is 2.07. The first-order valence-corrected chi connectivity index (χ1v) is 6.67. The SMILES string of the molecule is COC(=O)Nc1ccc(NC(C)c2cncs2)cc1. The Kier molecular flexibility index (Phi) is 4.35. The molecule has 19 heavy (non-hydrogen) atoms. The third kappa shape index (κ3) is 3.69. The molecule has 0 aliphatic rings. The summed E-state index contributed by atoms with van der Waals surface area (Å²) >= 11 is 1.62. The van der Waals surface area contributed by atoms with Gasteiger partial charge in [0.1, 0.15) is 0 Å². The zero-order valence-corrected chi connectivity index (χ0v) is 11.5. The molecule has 0 saturated carbocycles. The molecular weight excluding hydrogens is 262 g/mol. The standard InChI is InChI=1S/C13H15N3O2S/c1-9(12-7-14-8-19-12)15-10-3-5-11(6-4-10)16-13(17)18-2/h3-9,15H,1-2H3,(H,16,17). The molecular formula is C13H15N3O2S. The molecule has 5 nitrogen and oxygen atoms in total. The second-order valence-electron chi connectivity index (χ2n) is 3.96. The number of anilines is 2. The maximum Gasteiger partial charge on any atom is 0.411 e. The van der Waals surface area contributed by atoms with E-state index in [0.29, 0.717) is 5.69 Å². The molecule has 0 bridgehead atoms. The van der Waals surface area contributed by atoms with Crippen LogP contribution in [0.15, 0.2) is 36.0 Å². The number of hydrogen-bond donors (Lipinski definition) is 2. The molecule has 0 aliphatic heterocycles. The lowest BCUT2D eigenvalue weighted by atomic mass is 10.2. The topological polar surface area (TPSA) is 63.2 Å². The lowest BCUT2D eigenvalue weighted by Crippen LogP contribution is -2.11. The zero-order valence-electron chi connectivity index (χ0n) is 10.7. The summed E-state index contributed by atoms with van der Waals surface area (Å²) in [7, 11) is 1.34. The van der Waals surface area contributed by atoms with Crippen LogP contribution in [0.5, 0.6) is 0 Å². The number of thiazole rings is 1. The molecule has 1 heterocycles. The zero-order chi connectivity index (χ0) is 13.7. The molecule has 6 heteroatoms. The van der Waals surface area contributed by atoms with Gasteiger partial charge in [0.05, 0.1) is 18.7 Å². The second-order valence-corrected chi connectivity index (χ2v) is 4.88. The van der Waals surface area contributed by atoms with Crippen LogP contribution in [0, 0.1) is 0 Å². The maximum atomic E-state index is 11.0. The van der Waals surface area contributed by atoms with Gasteiger partial charge in [0.25, 0.3) is 0 Å². The van der Waals surface area contributed by atoms with E-state index in [1.807, 2.05) is 36.0 Å². The van der Waals surface area contributed by atoms with Crippen LogP contribution in [-0.4, -0.2) is 18.2 Å². The molecule has 1 amide bonds. The van der Waals surface area contributed by atoms with Gasteiger partial charge in [-0.15, -0.1) is 11.3 Å². The van der Waals surface area contributed by atoms with Gasteiger partial charge >= 0.3 is 6.09 Å². The minimum atomic E-state index is -0.473. The Morgan fingerprint density at radius 3 is 2.58 bits per heavy atom. The van der Waals surface area contributed by atoms with Crippen molar-refractivity contribution in [3.8, 4) is 0 Å². The summed E-state index contributed by atoms with van der Waals surface area (Å²) in [4.78, 5) is 16.3. The van der Waals surface area contributed by atoms with Crippen LogP contribution >= 0.6 is 11.3 Å². The van der Waals surface area contributed by atoms with Gasteiger partial charge in [0.15, 0.2) is 0 Å². The Bertz CT molecular complexity index is 525. The number of carbonyl (C=O) groups excluding carboxylic acids is 1. The largest absolute Gasteiger partial charge is 0.453 e. The van der Waals surface area contributed by atoms with Crippen LogP contribution in [0.3, 0.4) is 0 Å². The molecule has 1 atom stereocenters. The van der Waals surface area contributed by atoms with Crippen molar-refractivity contribution < 1.29 is 9.53 Å². The summed E-state index contributed by atoms with van der Waals surface area (Å²) in [6, 6.07) is 7.65. The minimum Gasteiger partial charge on any atom is -0.453 e. The average molecular weight is 277 g/mol. The molecule has 1 aromatic carbocycles. The van der Waals surface area contributed by atoms with Crippen molar-refractivity contribution in [3.05, 3.63) is 40.8 Å². The highest BCUT2D eigenvalue weighted by Crippen LogP contribution is 2.22. The summed E-state index contributed by atoms with van der Waals surface area (Å²) < 4.78 is 4.53. The Labute approximate surface area is 115 Å². The van der Waals surface area contributed by atoms with Crippen molar-refractivity contribution in [1.29, 1.82) is 0 Å². The first kappa shape index (κ1) is 13.4. The van der Waals surface area contributed by atoms with E-state index in [-0.39, 0.29) is 6.04 Å². The molecule has 1 unspecified atom stereocenters. The smallest absolute Gasteiger partial charge is 0.411 e. The molecule has 2 N–H and O–H groups in total. The van der Waals surface area contributed by atoms with E-state index >= 15 is 0 Å². The highest BCUT2D eigenvalue weighted by atomic mass is 32.1. The fraction of sp³-hybridized carbons (Fsp3) is 0.231. The molecule has 0 fully saturated rings. The molecule has 0 aliphatic carbocycles. The van der Waals surface area contributed by atoms with Gasteiger partial charge in [-0.05, 0) is 31.2 Å². The van der Waals surface area contributed by atoms with Crippen LogP contribution in [0.1, 0.15) is 17.8 Å². The van der Waals surface area contributed by atoms with Gasteiger partial charge in [-0.25, -0.2) is 4.79 Å². The maximum absolute atomic E-state index is 11.0. The number of carbonyl (C=O) groups is 1. The fourth-order valence-electron chi connectivity index (χ4n) is 1.58.